The molecule has 0 spiro atoms. The molecule has 0 aliphatic rings. The Morgan fingerprint density at radius 3 is 2.62 bits per heavy atom. The number of nitrogens with two attached hydrogens (primary N) is 2. The van der Waals surface area contributed by atoms with Crippen LogP contribution in [0.3, 0.4) is 0 Å². The van der Waals surface area contributed by atoms with Gasteiger partial charge in [0.05, 0.1) is 15.8 Å². The molecule has 82 valence electrons. The summed E-state index contributed by atoms with van der Waals surface area (Å²) in [5.74, 6) is -1.39. The van der Waals surface area contributed by atoms with Crippen molar-refractivity contribution in [2.75, 3.05) is 11.5 Å². The van der Waals surface area contributed by atoms with Gasteiger partial charge in [-0.3, -0.25) is 10.1 Å². The number of aromatic nitrogens is 2. The summed E-state index contributed by atoms with van der Waals surface area (Å²) >= 11 is 0. The first-order valence-corrected chi connectivity index (χ1v) is 4.16. The maximum atomic E-state index is 13.7. The molecular weight excluding hydrogens is 217 g/mol. The third kappa shape index (κ3) is 1.36. The van der Waals surface area contributed by atoms with Crippen molar-refractivity contribution in [2.24, 2.45) is 0 Å². The topological polar surface area (TPSA) is 121 Å². The van der Waals surface area contributed by atoms with Crippen molar-refractivity contribution in [3.63, 3.8) is 0 Å². The summed E-state index contributed by atoms with van der Waals surface area (Å²) in [6, 6.07) is 2.27. The average molecular weight is 223 g/mol. The van der Waals surface area contributed by atoms with Gasteiger partial charge in [-0.15, -0.1) is 0 Å². The van der Waals surface area contributed by atoms with E-state index in [1.807, 2.05) is 0 Å². The molecule has 4 N–H and O–H groups in total. The maximum absolute atomic E-state index is 13.7. The highest BCUT2D eigenvalue weighted by Crippen LogP contribution is 2.28. The molecule has 0 amide bonds. The summed E-state index contributed by atoms with van der Waals surface area (Å²) in [5.41, 5.74) is 10.2. The van der Waals surface area contributed by atoms with Crippen LogP contribution in [-0.4, -0.2) is 14.9 Å². The second-order valence-electron chi connectivity index (χ2n) is 3.02. The van der Waals surface area contributed by atoms with Crippen LogP contribution in [0.5, 0.6) is 0 Å². The van der Waals surface area contributed by atoms with Crippen molar-refractivity contribution in [3.8, 4) is 0 Å². The lowest BCUT2D eigenvalue weighted by molar-refractivity contribution is -0.387. The lowest BCUT2D eigenvalue weighted by Crippen LogP contribution is -2.03. The predicted octanol–water partition coefficient (Wildman–Crippen LogP) is 0.842. The summed E-state index contributed by atoms with van der Waals surface area (Å²) in [6.45, 7) is 0. The van der Waals surface area contributed by atoms with E-state index in [-0.39, 0.29) is 22.7 Å². The van der Waals surface area contributed by atoms with Gasteiger partial charge < -0.3 is 11.5 Å². The van der Waals surface area contributed by atoms with E-state index < -0.39 is 16.4 Å². The Hall–Kier alpha value is -2.51. The molecule has 1 aromatic heterocycles. The Bertz CT molecular complexity index is 600. The monoisotopic (exact) mass is 223 g/mol. The van der Waals surface area contributed by atoms with Gasteiger partial charge in [0.2, 0.25) is 11.8 Å². The Labute approximate surface area is 88.1 Å². The number of nitrogens with zero attached hydrogens (tertiary/aromatic N) is 3. The second kappa shape index (κ2) is 3.26. The van der Waals surface area contributed by atoms with Crippen LogP contribution in [0, 0.1) is 15.9 Å². The van der Waals surface area contributed by atoms with E-state index >= 15 is 0 Å². The Morgan fingerprint density at radius 1 is 1.31 bits per heavy atom. The highest BCUT2D eigenvalue weighted by atomic mass is 19.1. The first-order valence-electron chi connectivity index (χ1n) is 4.16. The number of halogens is 1. The third-order valence-corrected chi connectivity index (χ3v) is 2.02. The molecular formula is C8H6FN5O2. The lowest BCUT2D eigenvalue weighted by atomic mass is 10.2. The standard InChI is InChI=1S/C8H6FN5O2/c9-6-4(14(15)16)2-1-3-5(6)7(10)13-8(11)12-3/h1-2H,(H4,10,11,12,13). The second-order valence-corrected chi connectivity index (χ2v) is 3.02. The largest absolute Gasteiger partial charge is 0.383 e. The highest BCUT2D eigenvalue weighted by Gasteiger charge is 2.20. The fraction of sp³-hybridized carbons (Fsp3) is 0. The predicted molar refractivity (Wildman–Crippen MR) is 55.0 cm³/mol. The summed E-state index contributed by atoms with van der Waals surface area (Å²) in [4.78, 5) is 16.9. The SMILES string of the molecule is Nc1nc(N)c2c(F)c([N+](=O)[O-])ccc2n1. The summed E-state index contributed by atoms with van der Waals surface area (Å²) in [7, 11) is 0. The average Bonchev–Trinajstić information content (AvgIpc) is 2.15. The molecule has 2 rings (SSSR count). The van der Waals surface area contributed by atoms with Crippen LogP contribution in [0.1, 0.15) is 0 Å². The number of benzene rings is 1. The van der Waals surface area contributed by atoms with Crippen molar-refractivity contribution in [2.45, 2.75) is 0 Å². The molecule has 7 nitrogen and oxygen atoms in total. The summed E-state index contributed by atoms with van der Waals surface area (Å²) < 4.78 is 13.7. The molecule has 0 atom stereocenters. The number of fused-ring (bicyclic) bond motifs is 1. The zero-order valence-electron chi connectivity index (χ0n) is 7.85. The van der Waals surface area contributed by atoms with Crippen LogP contribution in [0.15, 0.2) is 12.1 Å². The van der Waals surface area contributed by atoms with Crippen LogP contribution >= 0.6 is 0 Å². The van der Waals surface area contributed by atoms with Gasteiger partial charge >= 0.3 is 5.69 Å². The first-order chi connectivity index (χ1) is 7.50. The Kier molecular flexibility index (Phi) is 2.04. The zero-order valence-corrected chi connectivity index (χ0v) is 7.85. The number of hydrogen-bond donors (Lipinski definition) is 2. The van der Waals surface area contributed by atoms with Gasteiger partial charge in [-0.2, -0.15) is 9.37 Å². The fourth-order valence-electron chi connectivity index (χ4n) is 1.36. The van der Waals surface area contributed by atoms with E-state index in [0.29, 0.717) is 0 Å². The molecule has 2 aromatic rings. The lowest BCUT2D eigenvalue weighted by Gasteiger charge is -2.03. The van der Waals surface area contributed by atoms with E-state index in [9.17, 15) is 14.5 Å². The van der Waals surface area contributed by atoms with Crippen LogP contribution < -0.4 is 11.5 Å². The van der Waals surface area contributed by atoms with Gasteiger partial charge in [-0.1, -0.05) is 0 Å². The molecule has 0 saturated heterocycles. The minimum atomic E-state index is -1.06. The van der Waals surface area contributed by atoms with Gasteiger partial charge in [0.25, 0.3) is 0 Å². The first kappa shape index (κ1) is 10.0. The summed E-state index contributed by atoms with van der Waals surface area (Å²) in [5, 5.41) is 10.3. The van der Waals surface area contributed by atoms with E-state index in [1.54, 1.807) is 0 Å². The molecule has 1 aromatic carbocycles. The number of hydrogen-bond acceptors (Lipinski definition) is 6. The molecule has 16 heavy (non-hydrogen) atoms. The third-order valence-electron chi connectivity index (χ3n) is 2.02. The maximum Gasteiger partial charge on any atom is 0.305 e. The quantitative estimate of drug-likeness (QED) is 0.545. The summed E-state index contributed by atoms with van der Waals surface area (Å²) in [6.07, 6.45) is 0. The number of anilines is 2. The van der Waals surface area contributed by atoms with Crippen molar-refractivity contribution in [1.82, 2.24) is 9.97 Å². The van der Waals surface area contributed by atoms with E-state index in [2.05, 4.69) is 9.97 Å². The molecule has 0 saturated carbocycles. The van der Waals surface area contributed by atoms with Crippen LogP contribution in [0.4, 0.5) is 21.8 Å². The Balaban J connectivity index is 2.89. The van der Waals surface area contributed by atoms with Gasteiger partial charge in [0, 0.05) is 6.07 Å². The number of nitro groups is 1. The van der Waals surface area contributed by atoms with Gasteiger partial charge in [-0.25, -0.2) is 4.98 Å². The number of nitro benzene ring substituents is 1. The van der Waals surface area contributed by atoms with Gasteiger partial charge in [0.15, 0.2) is 0 Å². The van der Waals surface area contributed by atoms with Gasteiger partial charge in [-0.05, 0) is 6.07 Å². The zero-order chi connectivity index (χ0) is 11.9. The normalized spacial score (nSPS) is 10.6. The molecule has 0 aliphatic heterocycles. The Morgan fingerprint density at radius 2 is 2.00 bits per heavy atom. The van der Waals surface area contributed by atoms with Crippen molar-refractivity contribution in [1.29, 1.82) is 0 Å². The van der Waals surface area contributed by atoms with E-state index in [4.69, 9.17) is 11.5 Å². The van der Waals surface area contributed by atoms with E-state index in [0.717, 1.165) is 6.07 Å². The van der Waals surface area contributed by atoms with Crippen LogP contribution in [-0.2, 0) is 0 Å². The van der Waals surface area contributed by atoms with Gasteiger partial charge in [0.1, 0.15) is 5.82 Å². The molecule has 8 heteroatoms. The molecule has 0 bridgehead atoms. The van der Waals surface area contributed by atoms with E-state index in [1.165, 1.54) is 6.07 Å². The fourth-order valence-corrected chi connectivity index (χ4v) is 1.36. The highest BCUT2D eigenvalue weighted by molar-refractivity contribution is 5.91. The molecule has 0 aliphatic carbocycles. The van der Waals surface area contributed by atoms with Crippen LogP contribution in [0.25, 0.3) is 10.9 Å². The molecule has 0 fully saturated rings. The molecule has 0 radical (unpaired) electrons. The minimum absolute atomic E-state index is 0.113. The smallest absolute Gasteiger partial charge is 0.305 e. The van der Waals surface area contributed by atoms with Crippen molar-refractivity contribution >= 4 is 28.4 Å². The van der Waals surface area contributed by atoms with Crippen molar-refractivity contribution in [3.05, 3.63) is 28.1 Å². The molecule has 0 unspecified atom stereocenters. The molecule has 1 heterocycles. The minimum Gasteiger partial charge on any atom is -0.383 e. The van der Waals surface area contributed by atoms with Crippen LogP contribution in [0.2, 0.25) is 0 Å². The number of nitrogen functional groups attached to an aromatic ring is 2. The number of rotatable bonds is 1. The van der Waals surface area contributed by atoms with Crippen molar-refractivity contribution < 1.29 is 9.31 Å².